The summed E-state index contributed by atoms with van der Waals surface area (Å²) in [6, 6.07) is 19.1. The van der Waals surface area contributed by atoms with E-state index in [2.05, 4.69) is 19.1 Å². The Hall–Kier alpha value is -2.70. The molecule has 3 nitrogen and oxygen atoms in total. The number of nitrogens with zero attached hydrogens (tertiary/aromatic N) is 1. The highest BCUT2D eigenvalue weighted by Crippen LogP contribution is 2.54. The zero-order chi connectivity index (χ0) is 17.4. The van der Waals surface area contributed by atoms with Gasteiger partial charge >= 0.3 is 0 Å². The Labute approximate surface area is 147 Å². The van der Waals surface area contributed by atoms with E-state index in [1.54, 1.807) is 0 Å². The van der Waals surface area contributed by atoms with Gasteiger partial charge in [-0.25, -0.2) is 0 Å². The van der Waals surface area contributed by atoms with Crippen LogP contribution in [0.25, 0.3) is 0 Å². The van der Waals surface area contributed by atoms with Crippen molar-refractivity contribution in [3.05, 3.63) is 83.4 Å². The smallest absolute Gasteiger partial charge is 0.169 e. The Bertz CT molecular complexity index is 863. The largest absolute Gasteiger partial charge is 0.362 e. The molecule has 2 aromatic rings. The number of fused-ring (bicyclic) bond motifs is 2. The molecule has 0 spiro atoms. The molecule has 2 bridgehead atoms. The van der Waals surface area contributed by atoms with Gasteiger partial charge in [0.2, 0.25) is 0 Å². The van der Waals surface area contributed by atoms with Crippen molar-refractivity contribution in [2.45, 2.75) is 31.0 Å². The summed E-state index contributed by atoms with van der Waals surface area (Å²) in [5, 5.41) is 9.04. The van der Waals surface area contributed by atoms with E-state index in [0.29, 0.717) is 5.56 Å². The molecule has 2 aromatic carbocycles. The first kappa shape index (κ1) is 15.8. The summed E-state index contributed by atoms with van der Waals surface area (Å²) in [6.07, 6.45) is 4.78. The number of rotatable bonds is 4. The summed E-state index contributed by atoms with van der Waals surface area (Å²) in [6.45, 7) is 2.10. The van der Waals surface area contributed by atoms with Gasteiger partial charge in [-0.15, -0.1) is 0 Å². The van der Waals surface area contributed by atoms with E-state index in [0.717, 1.165) is 17.5 Å². The Balaban J connectivity index is 1.78. The molecule has 2 aliphatic heterocycles. The van der Waals surface area contributed by atoms with E-state index in [4.69, 9.17) is 10.00 Å². The molecule has 4 atom stereocenters. The van der Waals surface area contributed by atoms with Crippen LogP contribution in [0, 0.1) is 17.2 Å². The van der Waals surface area contributed by atoms with Crippen molar-refractivity contribution in [2.75, 3.05) is 0 Å². The second-order valence-corrected chi connectivity index (χ2v) is 6.72. The van der Waals surface area contributed by atoms with E-state index in [-0.39, 0.29) is 23.7 Å². The second-order valence-electron chi connectivity index (χ2n) is 6.72. The molecule has 4 rings (SSSR count). The first-order valence-electron chi connectivity index (χ1n) is 8.65. The molecule has 0 saturated carbocycles. The lowest BCUT2D eigenvalue weighted by Crippen LogP contribution is -2.36. The van der Waals surface area contributed by atoms with Gasteiger partial charge in [0, 0.05) is 11.5 Å². The van der Waals surface area contributed by atoms with Crippen molar-refractivity contribution < 1.29 is 9.53 Å². The Morgan fingerprint density at radius 1 is 1.16 bits per heavy atom. The number of Topliss-reactive ketones (excluding diaryl/α,β-unsaturated/α-hetero) is 1. The molecule has 3 heteroatoms. The Kier molecular flexibility index (Phi) is 3.78. The average molecular weight is 329 g/mol. The summed E-state index contributed by atoms with van der Waals surface area (Å²) in [5.41, 5.74) is 1.97. The number of ketones is 1. The standard InChI is InChI=1S/C22H19NO2/c1-2-22-13-12-18(25-22)19(21(24)17-6-4-3-5-7-17)20(22)16-10-8-15(14-23)9-11-16/h3-13,18-20H,2H2,1H3. The number of carbonyl (C=O) groups is 1. The summed E-state index contributed by atoms with van der Waals surface area (Å²) in [7, 11) is 0. The number of hydrogen-bond donors (Lipinski definition) is 0. The van der Waals surface area contributed by atoms with E-state index in [1.807, 2.05) is 60.7 Å². The van der Waals surface area contributed by atoms with Crippen LogP contribution < -0.4 is 0 Å². The fourth-order valence-corrected chi connectivity index (χ4v) is 4.22. The zero-order valence-corrected chi connectivity index (χ0v) is 14.1. The van der Waals surface area contributed by atoms with Crippen molar-refractivity contribution in [3.8, 4) is 6.07 Å². The monoisotopic (exact) mass is 329 g/mol. The highest BCUT2D eigenvalue weighted by molar-refractivity contribution is 5.99. The van der Waals surface area contributed by atoms with Crippen molar-refractivity contribution in [1.82, 2.24) is 0 Å². The van der Waals surface area contributed by atoms with Crippen LogP contribution in [0.15, 0.2) is 66.7 Å². The molecule has 25 heavy (non-hydrogen) atoms. The molecule has 0 amide bonds. The van der Waals surface area contributed by atoms with E-state index in [1.165, 1.54) is 0 Å². The van der Waals surface area contributed by atoms with Gasteiger partial charge in [-0.2, -0.15) is 5.26 Å². The van der Waals surface area contributed by atoms with Crippen molar-refractivity contribution in [1.29, 1.82) is 5.26 Å². The average Bonchev–Trinajstić information content (AvgIpc) is 3.25. The Morgan fingerprint density at radius 2 is 1.88 bits per heavy atom. The normalized spacial score (nSPS) is 29.5. The van der Waals surface area contributed by atoms with Gasteiger partial charge in [-0.05, 0) is 24.1 Å². The van der Waals surface area contributed by atoms with Gasteiger partial charge in [0.05, 0.1) is 29.3 Å². The van der Waals surface area contributed by atoms with Crippen molar-refractivity contribution >= 4 is 5.78 Å². The Morgan fingerprint density at radius 3 is 2.52 bits per heavy atom. The minimum Gasteiger partial charge on any atom is -0.362 e. The van der Waals surface area contributed by atoms with Gasteiger partial charge in [0.15, 0.2) is 5.78 Å². The molecule has 0 aliphatic carbocycles. The van der Waals surface area contributed by atoms with Crippen LogP contribution in [-0.4, -0.2) is 17.5 Å². The summed E-state index contributed by atoms with van der Waals surface area (Å²) >= 11 is 0. The van der Waals surface area contributed by atoms with Crippen LogP contribution in [-0.2, 0) is 4.74 Å². The molecule has 2 aliphatic rings. The molecule has 4 unspecified atom stereocenters. The summed E-state index contributed by atoms with van der Waals surface area (Å²) in [4.78, 5) is 13.2. The molecule has 0 N–H and O–H groups in total. The molecule has 2 heterocycles. The van der Waals surface area contributed by atoms with Crippen LogP contribution >= 0.6 is 0 Å². The molecule has 0 radical (unpaired) electrons. The lowest BCUT2D eigenvalue weighted by Gasteiger charge is -2.33. The van der Waals surface area contributed by atoms with Crippen LogP contribution in [0.4, 0.5) is 0 Å². The third kappa shape index (κ3) is 2.42. The van der Waals surface area contributed by atoms with Crippen LogP contribution in [0.5, 0.6) is 0 Å². The molecule has 0 aromatic heterocycles. The highest BCUT2D eigenvalue weighted by Gasteiger charge is 2.58. The number of ether oxygens (including phenoxy) is 1. The summed E-state index contributed by atoms with van der Waals surface area (Å²) in [5.74, 6) is -0.145. The molecular formula is C22H19NO2. The zero-order valence-electron chi connectivity index (χ0n) is 14.1. The first-order chi connectivity index (χ1) is 12.2. The number of hydrogen-bond acceptors (Lipinski definition) is 3. The number of carbonyl (C=O) groups excluding carboxylic acids is 1. The van der Waals surface area contributed by atoms with Crippen molar-refractivity contribution in [2.24, 2.45) is 5.92 Å². The van der Waals surface area contributed by atoms with E-state index >= 15 is 0 Å². The maximum absolute atomic E-state index is 13.2. The van der Waals surface area contributed by atoms with E-state index < -0.39 is 5.60 Å². The van der Waals surface area contributed by atoms with Gasteiger partial charge < -0.3 is 4.74 Å². The van der Waals surface area contributed by atoms with Gasteiger partial charge in [0.1, 0.15) is 0 Å². The van der Waals surface area contributed by atoms with E-state index in [9.17, 15) is 4.79 Å². The maximum atomic E-state index is 13.2. The second kappa shape index (κ2) is 5.98. The van der Waals surface area contributed by atoms with Crippen molar-refractivity contribution in [3.63, 3.8) is 0 Å². The number of nitriles is 1. The maximum Gasteiger partial charge on any atom is 0.169 e. The lowest BCUT2D eigenvalue weighted by atomic mass is 9.68. The molecule has 1 fully saturated rings. The SMILES string of the molecule is CCC12C=CC(O1)C(C(=O)c1ccccc1)C2c1ccc(C#N)cc1. The lowest BCUT2D eigenvalue weighted by molar-refractivity contribution is 0.0200. The third-order valence-electron chi connectivity index (χ3n) is 5.48. The fourth-order valence-electron chi connectivity index (χ4n) is 4.22. The van der Waals surface area contributed by atoms with Gasteiger partial charge in [0.25, 0.3) is 0 Å². The first-order valence-corrected chi connectivity index (χ1v) is 8.65. The number of benzene rings is 2. The van der Waals surface area contributed by atoms with Gasteiger partial charge in [-0.1, -0.05) is 61.5 Å². The highest BCUT2D eigenvalue weighted by atomic mass is 16.5. The van der Waals surface area contributed by atoms with Crippen LogP contribution in [0.2, 0.25) is 0 Å². The quantitative estimate of drug-likeness (QED) is 0.622. The summed E-state index contributed by atoms with van der Waals surface area (Å²) < 4.78 is 6.29. The topological polar surface area (TPSA) is 50.1 Å². The van der Waals surface area contributed by atoms with Crippen LogP contribution in [0.3, 0.4) is 0 Å². The minimum atomic E-state index is -0.437. The minimum absolute atomic E-state index is 0.0343. The molecule has 124 valence electrons. The predicted molar refractivity (Wildman–Crippen MR) is 95.2 cm³/mol. The molecule has 1 saturated heterocycles. The van der Waals surface area contributed by atoms with Crippen LogP contribution in [0.1, 0.15) is 40.7 Å². The third-order valence-corrected chi connectivity index (χ3v) is 5.48. The van der Waals surface area contributed by atoms with Gasteiger partial charge in [-0.3, -0.25) is 4.79 Å². The fraction of sp³-hybridized carbons (Fsp3) is 0.273. The molecular weight excluding hydrogens is 310 g/mol. The predicted octanol–water partition coefficient (Wildman–Crippen LogP) is 4.26.